The average molecular weight is 433 g/mol. The van der Waals surface area contributed by atoms with Crippen LogP contribution < -0.4 is 5.56 Å². The number of fused-ring (bicyclic) bond motifs is 2. The van der Waals surface area contributed by atoms with Gasteiger partial charge in [-0.05, 0) is 64.1 Å². The fourth-order valence-corrected chi connectivity index (χ4v) is 4.61. The molecule has 8 heteroatoms. The van der Waals surface area contributed by atoms with Gasteiger partial charge in [0.05, 0.1) is 9.81 Å². The third-order valence-electron chi connectivity index (χ3n) is 6.34. The van der Waals surface area contributed by atoms with Crippen LogP contribution in [-0.2, 0) is 13.0 Å². The lowest BCUT2D eigenvalue weighted by atomic mass is 9.91. The van der Waals surface area contributed by atoms with Gasteiger partial charge in [-0.3, -0.25) is 9.36 Å². The maximum atomic E-state index is 14.0. The first-order valence-electron chi connectivity index (χ1n) is 13.6. The van der Waals surface area contributed by atoms with E-state index in [4.69, 9.17) is 12.7 Å². The van der Waals surface area contributed by atoms with Crippen molar-refractivity contribution < 1.29 is 22.2 Å². The molecule has 0 radical (unpaired) electrons. The average Bonchev–Trinajstić information content (AvgIpc) is 3.31. The summed E-state index contributed by atoms with van der Waals surface area (Å²) in [7, 11) is 0. The molecule has 0 saturated carbocycles. The quantitative estimate of drug-likeness (QED) is 0.682. The van der Waals surface area contributed by atoms with E-state index in [-0.39, 0.29) is 46.4 Å². The van der Waals surface area contributed by atoms with Crippen LogP contribution in [0.4, 0.5) is 4.39 Å². The van der Waals surface area contributed by atoms with Crippen molar-refractivity contribution in [2.24, 2.45) is 0 Å². The molecule has 0 bridgehead atoms. The zero-order valence-corrected chi connectivity index (χ0v) is 16.9. The first-order chi connectivity index (χ1) is 17.5. The summed E-state index contributed by atoms with van der Waals surface area (Å²) in [5.41, 5.74) is -0.192. The molecular weight excluding hydrogens is 399 g/mol. The molecule has 4 heterocycles. The first-order valence-corrected chi connectivity index (χ1v) is 10.6. The number of nitrogens with zero attached hydrogens (tertiary/aromatic N) is 4. The van der Waals surface area contributed by atoms with E-state index in [9.17, 15) is 14.3 Å². The van der Waals surface area contributed by atoms with E-state index in [0.29, 0.717) is 57.6 Å². The van der Waals surface area contributed by atoms with E-state index in [1.165, 1.54) is 4.57 Å². The van der Waals surface area contributed by atoms with Crippen molar-refractivity contribution in [2.75, 3.05) is 19.6 Å². The van der Waals surface area contributed by atoms with Crippen molar-refractivity contribution in [3.8, 4) is 0 Å². The standard InChI is InChI=1S/C23H27FN4O3/c1-14-17(23(30)28-9-2-3-19(29)22(28)25-14)8-12-27-10-6-15(7-11-27)21-18-5-4-16(24)13-20(18)31-26-21/h4-5,13,15,19,29H,2-3,6-12H2,1H3/i1D3,4D,5D,13D. The van der Waals surface area contributed by atoms with Crippen LogP contribution >= 0.6 is 0 Å². The monoisotopic (exact) mass is 432 g/mol. The molecule has 2 aromatic heterocycles. The van der Waals surface area contributed by atoms with Crippen LogP contribution in [0.3, 0.4) is 0 Å². The molecule has 1 fully saturated rings. The Kier molecular flexibility index (Phi) is 3.81. The maximum Gasteiger partial charge on any atom is 0.257 e. The number of aliphatic hydroxyl groups is 1. The van der Waals surface area contributed by atoms with Crippen LogP contribution in [0.5, 0.6) is 0 Å². The Labute approximate surface area is 187 Å². The van der Waals surface area contributed by atoms with Gasteiger partial charge in [-0.25, -0.2) is 9.37 Å². The Hall–Kier alpha value is -2.58. The number of likely N-dealkylation sites (tertiary alicyclic amines) is 1. The number of hydrogen-bond acceptors (Lipinski definition) is 6. The van der Waals surface area contributed by atoms with E-state index in [1.807, 2.05) is 0 Å². The van der Waals surface area contributed by atoms with E-state index in [0.717, 1.165) is 0 Å². The molecule has 2 aliphatic heterocycles. The number of hydrogen-bond donors (Lipinski definition) is 1. The van der Waals surface area contributed by atoms with Crippen LogP contribution in [0.15, 0.2) is 27.4 Å². The summed E-state index contributed by atoms with van der Waals surface area (Å²) in [4.78, 5) is 19.5. The highest BCUT2D eigenvalue weighted by atomic mass is 19.1. The van der Waals surface area contributed by atoms with E-state index >= 15 is 0 Å². The van der Waals surface area contributed by atoms with Crippen LogP contribution in [-0.4, -0.2) is 44.3 Å². The summed E-state index contributed by atoms with van der Waals surface area (Å²) in [5, 5.41) is 14.5. The van der Waals surface area contributed by atoms with Crippen LogP contribution in [0, 0.1) is 12.7 Å². The van der Waals surface area contributed by atoms with Gasteiger partial charge in [-0.1, -0.05) is 5.16 Å². The number of aryl methyl sites for hydroxylation is 1. The second kappa shape index (κ2) is 8.16. The van der Waals surface area contributed by atoms with E-state index in [1.54, 1.807) is 0 Å². The van der Waals surface area contributed by atoms with Gasteiger partial charge in [0.1, 0.15) is 17.7 Å². The van der Waals surface area contributed by atoms with Crippen molar-refractivity contribution in [1.29, 1.82) is 0 Å². The van der Waals surface area contributed by atoms with Gasteiger partial charge in [-0.2, -0.15) is 0 Å². The fraction of sp³-hybridized carbons (Fsp3) is 0.522. The SMILES string of the molecule is [2H]c1c(F)c([2H])c2onc(C3CCN(CCc4c(C([2H])([2H])[2H])nc5n(c4=O)CCCC5O)CC3)c2c1[2H]. The van der Waals surface area contributed by atoms with Crippen molar-refractivity contribution in [3.05, 3.63) is 57.1 Å². The molecule has 1 N–H and O–H groups in total. The van der Waals surface area contributed by atoms with Crippen molar-refractivity contribution in [2.45, 2.75) is 57.5 Å². The first kappa shape index (κ1) is 14.5. The molecule has 0 spiro atoms. The molecule has 164 valence electrons. The van der Waals surface area contributed by atoms with Gasteiger partial charge < -0.3 is 14.5 Å². The van der Waals surface area contributed by atoms with Crippen LogP contribution in [0.25, 0.3) is 11.0 Å². The minimum atomic E-state index is -2.58. The molecule has 7 nitrogen and oxygen atoms in total. The van der Waals surface area contributed by atoms with E-state index in [2.05, 4.69) is 15.0 Å². The lowest BCUT2D eigenvalue weighted by Gasteiger charge is -2.31. The molecule has 2 aliphatic rings. The van der Waals surface area contributed by atoms with Crippen LogP contribution in [0.2, 0.25) is 0 Å². The zero-order valence-electron chi connectivity index (χ0n) is 22.9. The number of rotatable bonds is 4. The Bertz CT molecular complexity index is 1410. The molecule has 5 rings (SSSR count). The highest BCUT2D eigenvalue weighted by Gasteiger charge is 2.26. The van der Waals surface area contributed by atoms with Crippen LogP contribution in [0.1, 0.15) is 68.7 Å². The van der Waals surface area contributed by atoms with Crippen molar-refractivity contribution >= 4 is 11.0 Å². The lowest BCUT2D eigenvalue weighted by Crippen LogP contribution is -2.37. The predicted molar refractivity (Wildman–Crippen MR) is 114 cm³/mol. The normalized spacial score (nSPS) is 23.5. The number of benzene rings is 1. The summed E-state index contributed by atoms with van der Waals surface area (Å²) in [6.45, 7) is -0.529. The third-order valence-corrected chi connectivity index (χ3v) is 6.34. The van der Waals surface area contributed by atoms with Gasteiger partial charge in [0.2, 0.25) is 0 Å². The van der Waals surface area contributed by atoms with Crippen molar-refractivity contribution in [1.82, 2.24) is 19.6 Å². The summed E-state index contributed by atoms with van der Waals surface area (Å²) in [5.74, 6) is -1.10. The Morgan fingerprint density at radius 3 is 2.97 bits per heavy atom. The van der Waals surface area contributed by atoms with E-state index < -0.39 is 36.4 Å². The maximum absolute atomic E-state index is 14.0. The molecule has 1 unspecified atom stereocenters. The third kappa shape index (κ3) is 3.78. The minimum absolute atomic E-state index is 0.110. The van der Waals surface area contributed by atoms with Gasteiger partial charge in [-0.15, -0.1) is 0 Å². The largest absolute Gasteiger partial charge is 0.385 e. The topological polar surface area (TPSA) is 84.4 Å². The number of piperidine rings is 1. The molecule has 31 heavy (non-hydrogen) atoms. The molecule has 0 amide bonds. The number of aromatic nitrogens is 3. The molecule has 1 atom stereocenters. The minimum Gasteiger partial charge on any atom is -0.385 e. The van der Waals surface area contributed by atoms with Gasteiger partial charge >= 0.3 is 0 Å². The Morgan fingerprint density at radius 1 is 1.32 bits per heavy atom. The lowest BCUT2D eigenvalue weighted by molar-refractivity contribution is 0.129. The molecular formula is C23H27FN4O3. The second-order valence-electron chi connectivity index (χ2n) is 8.24. The van der Waals surface area contributed by atoms with Gasteiger partial charge in [0.25, 0.3) is 5.56 Å². The summed E-state index contributed by atoms with van der Waals surface area (Å²) in [6, 6.07) is -1.57. The predicted octanol–water partition coefficient (Wildman–Crippen LogP) is 3.08. The van der Waals surface area contributed by atoms with Gasteiger partial charge in [0, 0.05) is 45.8 Å². The number of aliphatic hydroxyl groups excluding tert-OH is 1. The molecule has 1 saturated heterocycles. The highest BCUT2D eigenvalue weighted by molar-refractivity contribution is 5.79. The molecule has 0 aliphatic carbocycles. The summed E-state index contributed by atoms with van der Waals surface area (Å²) in [6.07, 6.45) is 1.54. The fourth-order valence-electron chi connectivity index (χ4n) is 4.61. The zero-order chi connectivity index (χ0) is 26.6. The van der Waals surface area contributed by atoms with Crippen molar-refractivity contribution in [3.63, 3.8) is 0 Å². The second-order valence-corrected chi connectivity index (χ2v) is 8.24. The smallest absolute Gasteiger partial charge is 0.257 e. The van der Waals surface area contributed by atoms with Gasteiger partial charge in [0.15, 0.2) is 5.58 Å². The number of halogens is 1. The summed E-state index contributed by atoms with van der Waals surface area (Å²) < 4.78 is 68.1. The highest BCUT2D eigenvalue weighted by Crippen LogP contribution is 2.32. The molecule has 1 aromatic carbocycles. The Morgan fingerprint density at radius 2 is 2.16 bits per heavy atom. The Balaban J connectivity index is 1.33. The summed E-state index contributed by atoms with van der Waals surface area (Å²) >= 11 is 0. The molecule has 3 aromatic rings.